The lowest BCUT2D eigenvalue weighted by atomic mass is 10.3. The Bertz CT molecular complexity index is 699. The molecular formula is C12H10N4O2S. The fourth-order valence-corrected chi connectivity index (χ4v) is 2.31. The number of carbonyl (C=O) groups is 1. The van der Waals surface area contributed by atoms with Crippen molar-refractivity contribution >= 4 is 23.1 Å². The Morgan fingerprint density at radius 2 is 2.42 bits per heavy atom. The summed E-state index contributed by atoms with van der Waals surface area (Å²) in [6.45, 7) is 1.86. The minimum Gasteiger partial charge on any atom is -0.462 e. The van der Waals surface area contributed by atoms with Gasteiger partial charge in [0.05, 0.1) is 12.5 Å². The first-order chi connectivity index (χ1) is 9.24. The number of nitrogens with one attached hydrogen (secondary N) is 2. The molecule has 3 aromatic rings. The van der Waals surface area contributed by atoms with Gasteiger partial charge in [-0.25, -0.2) is 4.98 Å². The van der Waals surface area contributed by atoms with Gasteiger partial charge in [0.25, 0.3) is 5.91 Å². The quantitative estimate of drug-likeness (QED) is 0.769. The first-order valence-electron chi connectivity index (χ1n) is 5.55. The van der Waals surface area contributed by atoms with Gasteiger partial charge in [0.15, 0.2) is 10.8 Å². The van der Waals surface area contributed by atoms with E-state index in [0.717, 1.165) is 5.56 Å². The van der Waals surface area contributed by atoms with Crippen molar-refractivity contribution in [1.82, 2.24) is 15.2 Å². The third-order valence-corrected chi connectivity index (χ3v) is 3.39. The number of aromatic nitrogens is 3. The smallest absolute Gasteiger partial charge is 0.276 e. The summed E-state index contributed by atoms with van der Waals surface area (Å²) in [4.78, 5) is 16.2. The van der Waals surface area contributed by atoms with Gasteiger partial charge in [-0.05, 0) is 19.1 Å². The SMILES string of the molecule is Cc1cn[nH]c1NC(=O)c1csc(-c2ccco2)n1. The summed E-state index contributed by atoms with van der Waals surface area (Å²) in [5.74, 6) is 0.959. The summed E-state index contributed by atoms with van der Waals surface area (Å²) in [5.41, 5.74) is 1.22. The fraction of sp³-hybridized carbons (Fsp3) is 0.0833. The Balaban J connectivity index is 1.80. The maximum Gasteiger partial charge on any atom is 0.276 e. The highest BCUT2D eigenvalue weighted by Crippen LogP contribution is 2.24. The molecular weight excluding hydrogens is 264 g/mol. The minimum absolute atomic E-state index is 0.276. The number of hydrogen-bond donors (Lipinski definition) is 2. The number of nitrogens with zero attached hydrogens (tertiary/aromatic N) is 2. The summed E-state index contributed by atoms with van der Waals surface area (Å²) >= 11 is 1.36. The van der Waals surface area contributed by atoms with Crippen LogP contribution in [-0.2, 0) is 0 Å². The van der Waals surface area contributed by atoms with Crippen LogP contribution < -0.4 is 5.32 Å². The molecule has 0 unspecified atom stereocenters. The average molecular weight is 274 g/mol. The summed E-state index contributed by atoms with van der Waals surface area (Å²) in [7, 11) is 0. The van der Waals surface area contributed by atoms with Crippen molar-refractivity contribution in [3.05, 3.63) is 41.2 Å². The van der Waals surface area contributed by atoms with Gasteiger partial charge >= 0.3 is 0 Å². The molecule has 0 radical (unpaired) electrons. The van der Waals surface area contributed by atoms with Crippen LogP contribution in [0.2, 0.25) is 0 Å². The normalized spacial score (nSPS) is 10.6. The van der Waals surface area contributed by atoms with E-state index in [1.807, 2.05) is 6.92 Å². The van der Waals surface area contributed by atoms with E-state index in [0.29, 0.717) is 22.3 Å². The Labute approximate surface area is 112 Å². The molecule has 0 aromatic carbocycles. The van der Waals surface area contributed by atoms with Crippen molar-refractivity contribution in [3.8, 4) is 10.8 Å². The molecule has 19 heavy (non-hydrogen) atoms. The number of furan rings is 1. The summed E-state index contributed by atoms with van der Waals surface area (Å²) < 4.78 is 5.24. The topological polar surface area (TPSA) is 83.8 Å². The second kappa shape index (κ2) is 4.69. The zero-order valence-corrected chi connectivity index (χ0v) is 10.8. The lowest BCUT2D eigenvalue weighted by Gasteiger charge is -2.00. The van der Waals surface area contributed by atoms with Crippen molar-refractivity contribution in [3.63, 3.8) is 0 Å². The van der Waals surface area contributed by atoms with Crippen LogP contribution in [0.3, 0.4) is 0 Å². The molecule has 2 N–H and O–H groups in total. The van der Waals surface area contributed by atoms with E-state index >= 15 is 0 Å². The van der Waals surface area contributed by atoms with Crippen LogP contribution >= 0.6 is 11.3 Å². The summed E-state index contributed by atoms with van der Waals surface area (Å²) in [5, 5.41) is 11.6. The lowest BCUT2D eigenvalue weighted by Crippen LogP contribution is -2.13. The molecule has 6 nitrogen and oxygen atoms in total. The van der Waals surface area contributed by atoms with Crippen LogP contribution in [0.4, 0.5) is 5.82 Å². The van der Waals surface area contributed by atoms with Crippen molar-refractivity contribution in [2.75, 3.05) is 5.32 Å². The Hall–Kier alpha value is -2.41. The van der Waals surface area contributed by atoms with Crippen LogP contribution in [0.15, 0.2) is 34.4 Å². The van der Waals surface area contributed by atoms with Crippen LogP contribution in [0, 0.1) is 6.92 Å². The van der Waals surface area contributed by atoms with Crippen molar-refractivity contribution < 1.29 is 9.21 Å². The third-order valence-electron chi connectivity index (χ3n) is 2.54. The Morgan fingerprint density at radius 1 is 1.53 bits per heavy atom. The monoisotopic (exact) mass is 274 g/mol. The van der Waals surface area contributed by atoms with Gasteiger partial charge in [0.2, 0.25) is 0 Å². The van der Waals surface area contributed by atoms with Gasteiger partial charge in [-0.2, -0.15) is 5.10 Å². The Morgan fingerprint density at radius 3 is 3.11 bits per heavy atom. The molecule has 0 aliphatic heterocycles. The number of amides is 1. The van der Waals surface area contributed by atoms with Crippen LogP contribution in [0.1, 0.15) is 16.1 Å². The van der Waals surface area contributed by atoms with Crippen LogP contribution in [0.25, 0.3) is 10.8 Å². The molecule has 0 fully saturated rings. The van der Waals surface area contributed by atoms with E-state index in [2.05, 4.69) is 20.5 Å². The second-order valence-electron chi connectivity index (χ2n) is 3.90. The van der Waals surface area contributed by atoms with E-state index in [-0.39, 0.29) is 5.91 Å². The standard InChI is InChI=1S/C12H10N4O2S/c1-7-5-13-16-10(7)15-11(17)8-6-19-12(14-8)9-3-2-4-18-9/h2-6H,1H3,(H2,13,15,16,17). The molecule has 0 atom stereocenters. The number of aryl methyl sites for hydroxylation is 1. The molecule has 0 aliphatic carbocycles. The summed E-state index contributed by atoms with van der Waals surface area (Å²) in [6.07, 6.45) is 3.22. The molecule has 3 heterocycles. The number of carbonyl (C=O) groups excluding carboxylic acids is 1. The van der Waals surface area contributed by atoms with Crippen molar-refractivity contribution in [2.45, 2.75) is 6.92 Å². The maximum atomic E-state index is 12.0. The molecule has 0 bridgehead atoms. The first-order valence-corrected chi connectivity index (χ1v) is 6.43. The van der Waals surface area contributed by atoms with E-state index < -0.39 is 0 Å². The Kier molecular flexibility index (Phi) is 2.88. The molecule has 0 spiro atoms. The number of aromatic amines is 1. The van der Waals surface area contributed by atoms with E-state index in [4.69, 9.17) is 4.42 Å². The van der Waals surface area contributed by atoms with Crippen LogP contribution in [-0.4, -0.2) is 21.1 Å². The molecule has 1 amide bonds. The zero-order valence-electron chi connectivity index (χ0n) is 10.0. The van der Waals surface area contributed by atoms with E-state index in [9.17, 15) is 4.79 Å². The first kappa shape index (κ1) is 11.7. The van der Waals surface area contributed by atoms with Crippen molar-refractivity contribution in [2.24, 2.45) is 0 Å². The average Bonchev–Trinajstić information content (AvgIpc) is 3.09. The fourth-order valence-electron chi connectivity index (χ4n) is 1.54. The van der Waals surface area contributed by atoms with Gasteiger partial charge in [-0.15, -0.1) is 11.3 Å². The molecule has 7 heteroatoms. The molecule has 96 valence electrons. The highest BCUT2D eigenvalue weighted by molar-refractivity contribution is 7.13. The maximum absolute atomic E-state index is 12.0. The molecule has 0 saturated carbocycles. The zero-order chi connectivity index (χ0) is 13.2. The number of hydrogen-bond acceptors (Lipinski definition) is 5. The van der Waals surface area contributed by atoms with Gasteiger partial charge < -0.3 is 9.73 Å². The predicted molar refractivity (Wildman–Crippen MR) is 71.1 cm³/mol. The van der Waals surface area contributed by atoms with Gasteiger partial charge in [-0.3, -0.25) is 9.89 Å². The van der Waals surface area contributed by atoms with E-state index in [1.54, 1.807) is 30.0 Å². The van der Waals surface area contributed by atoms with Crippen LogP contribution in [0.5, 0.6) is 0 Å². The number of rotatable bonds is 3. The highest BCUT2D eigenvalue weighted by Gasteiger charge is 2.14. The molecule has 0 saturated heterocycles. The minimum atomic E-state index is -0.276. The number of anilines is 1. The second-order valence-corrected chi connectivity index (χ2v) is 4.76. The van der Waals surface area contributed by atoms with Crippen molar-refractivity contribution in [1.29, 1.82) is 0 Å². The number of H-pyrrole nitrogens is 1. The lowest BCUT2D eigenvalue weighted by molar-refractivity contribution is 0.102. The molecule has 0 aliphatic rings. The largest absolute Gasteiger partial charge is 0.462 e. The number of thiazole rings is 1. The predicted octanol–water partition coefficient (Wildman–Crippen LogP) is 2.69. The van der Waals surface area contributed by atoms with Gasteiger partial charge in [0.1, 0.15) is 11.5 Å². The van der Waals surface area contributed by atoms with E-state index in [1.165, 1.54) is 11.3 Å². The van der Waals surface area contributed by atoms with Gasteiger partial charge in [0, 0.05) is 10.9 Å². The molecule has 3 aromatic heterocycles. The molecule has 3 rings (SSSR count). The summed E-state index contributed by atoms with van der Waals surface area (Å²) in [6, 6.07) is 3.59. The highest BCUT2D eigenvalue weighted by atomic mass is 32.1. The third kappa shape index (κ3) is 2.27. The van der Waals surface area contributed by atoms with Gasteiger partial charge in [-0.1, -0.05) is 0 Å².